The molecule has 0 unspecified atom stereocenters. The minimum absolute atomic E-state index is 0.0239. The van der Waals surface area contributed by atoms with Crippen LogP contribution in [0.1, 0.15) is 12.8 Å². The van der Waals surface area contributed by atoms with Crippen LogP contribution in [0.3, 0.4) is 0 Å². The second-order valence-corrected chi connectivity index (χ2v) is 4.59. The van der Waals surface area contributed by atoms with Gasteiger partial charge in [-0.25, -0.2) is 9.37 Å². The fourth-order valence-electron chi connectivity index (χ4n) is 1.95. The van der Waals surface area contributed by atoms with E-state index < -0.39 is 5.82 Å². The average Bonchev–Trinajstić information content (AvgIpc) is 2.85. The van der Waals surface area contributed by atoms with E-state index in [0.29, 0.717) is 0 Å². The third-order valence-corrected chi connectivity index (χ3v) is 3.07. The number of carbonyl (C=O) groups is 1. The Balaban J connectivity index is 2.04. The molecule has 0 N–H and O–H groups in total. The van der Waals surface area contributed by atoms with Gasteiger partial charge in [0.05, 0.1) is 12.7 Å². The second kappa shape index (κ2) is 5.48. The minimum Gasteiger partial charge on any atom is -0.348 e. The predicted octanol–water partition coefficient (Wildman–Crippen LogP) is 1.33. The monoisotopic (exact) mass is 272 g/mol. The molecule has 0 bridgehead atoms. The lowest BCUT2D eigenvalue weighted by Gasteiger charge is -2.22. The Kier molecular flexibility index (Phi) is 3.96. The summed E-state index contributed by atoms with van der Waals surface area (Å²) in [6, 6.07) is 0. The molecule has 2 rings (SSSR count). The van der Waals surface area contributed by atoms with E-state index in [9.17, 15) is 9.18 Å². The summed E-state index contributed by atoms with van der Waals surface area (Å²) in [6.07, 6.45) is 3.06. The van der Waals surface area contributed by atoms with Crippen molar-refractivity contribution in [1.29, 1.82) is 0 Å². The zero-order valence-electron chi connectivity index (χ0n) is 10.1. The zero-order valence-corrected chi connectivity index (χ0v) is 10.8. The van der Waals surface area contributed by atoms with Gasteiger partial charge in [-0.3, -0.25) is 4.79 Å². The fourth-order valence-corrected chi connectivity index (χ4v) is 2.08. The van der Waals surface area contributed by atoms with Gasteiger partial charge >= 0.3 is 0 Å². The SMILES string of the molecule is CN(CC(=O)N1CCCC1)c1nc(Cl)ncc1F. The highest BCUT2D eigenvalue weighted by Gasteiger charge is 2.21. The molecule has 1 aromatic heterocycles. The summed E-state index contributed by atoms with van der Waals surface area (Å²) in [5.74, 6) is -0.567. The molecule has 0 aromatic carbocycles. The summed E-state index contributed by atoms with van der Waals surface area (Å²) < 4.78 is 13.5. The van der Waals surface area contributed by atoms with Crippen LogP contribution in [0.4, 0.5) is 10.2 Å². The first-order chi connectivity index (χ1) is 8.58. The molecule has 0 atom stereocenters. The summed E-state index contributed by atoms with van der Waals surface area (Å²) in [5, 5.41) is -0.0353. The Morgan fingerprint density at radius 2 is 2.22 bits per heavy atom. The zero-order chi connectivity index (χ0) is 13.1. The third kappa shape index (κ3) is 2.87. The number of likely N-dealkylation sites (tertiary alicyclic amines) is 1. The molecule has 1 aliphatic rings. The van der Waals surface area contributed by atoms with E-state index in [2.05, 4.69) is 9.97 Å². The van der Waals surface area contributed by atoms with Gasteiger partial charge in [0.1, 0.15) is 0 Å². The molecule has 1 saturated heterocycles. The lowest BCUT2D eigenvalue weighted by molar-refractivity contribution is -0.128. The molecule has 0 radical (unpaired) electrons. The van der Waals surface area contributed by atoms with E-state index in [-0.39, 0.29) is 23.6 Å². The molecule has 1 fully saturated rings. The number of hydrogen-bond donors (Lipinski definition) is 0. The maximum absolute atomic E-state index is 13.5. The molecular weight excluding hydrogens is 259 g/mol. The van der Waals surface area contributed by atoms with Crippen LogP contribution in [0.5, 0.6) is 0 Å². The fraction of sp³-hybridized carbons (Fsp3) is 0.545. The van der Waals surface area contributed by atoms with Gasteiger partial charge < -0.3 is 9.80 Å². The van der Waals surface area contributed by atoms with Gasteiger partial charge in [0.25, 0.3) is 0 Å². The van der Waals surface area contributed by atoms with E-state index >= 15 is 0 Å². The van der Waals surface area contributed by atoms with Crippen LogP contribution in [0.2, 0.25) is 5.28 Å². The van der Waals surface area contributed by atoms with Crippen molar-refractivity contribution >= 4 is 23.3 Å². The number of halogens is 2. The number of carbonyl (C=O) groups excluding carboxylic acids is 1. The Morgan fingerprint density at radius 1 is 1.56 bits per heavy atom. The summed E-state index contributed by atoms with van der Waals surface area (Å²) in [6.45, 7) is 1.64. The number of aromatic nitrogens is 2. The van der Waals surface area contributed by atoms with Gasteiger partial charge in [-0.1, -0.05) is 0 Å². The van der Waals surface area contributed by atoms with Crippen molar-refractivity contribution in [2.45, 2.75) is 12.8 Å². The van der Waals surface area contributed by atoms with Gasteiger partial charge in [-0.15, -0.1) is 0 Å². The molecule has 1 aromatic rings. The highest BCUT2D eigenvalue weighted by atomic mass is 35.5. The maximum atomic E-state index is 13.5. The Bertz CT molecular complexity index is 451. The van der Waals surface area contributed by atoms with E-state index in [1.165, 1.54) is 4.90 Å². The van der Waals surface area contributed by atoms with Gasteiger partial charge in [0, 0.05) is 20.1 Å². The molecule has 98 valence electrons. The van der Waals surface area contributed by atoms with Crippen molar-refractivity contribution in [1.82, 2.24) is 14.9 Å². The molecule has 18 heavy (non-hydrogen) atoms. The van der Waals surface area contributed by atoms with Crippen LogP contribution in [0.25, 0.3) is 0 Å². The third-order valence-electron chi connectivity index (χ3n) is 2.89. The van der Waals surface area contributed by atoms with E-state index in [4.69, 9.17) is 11.6 Å². The van der Waals surface area contributed by atoms with Crippen molar-refractivity contribution < 1.29 is 9.18 Å². The minimum atomic E-state index is -0.587. The highest BCUT2D eigenvalue weighted by molar-refractivity contribution is 6.28. The van der Waals surface area contributed by atoms with E-state index in [0.717, 1.165) is 32.1 Å². The van der Waals surface area contributed by atoms with E-state index in [1.807, 2.05) is 0 Å². The number of rotatable bonds is 3. The number of nitrogens with zero attached hydrogens (tertiary/aromatic N) is 4. The van der Waals surface area contributed by atoms with E-state index in [1.54, 1.807) is 11.9 Å². The van der Waals surface area contributed by atoms with Crippen molar-refractivity contribution in [3.8, 4) is 0 Å². The largest absolute Gasteiger partial charge is 0.348 e. The Morgan fingerprint density at radius 3 is 2.89 bits per heavy atom. The smallest absolute Gasteiger partial charge is 0.242 e. The number of hydrogen-bond acceptors (Lipinski definition) is 4. The Hall–Kier alpha value is -1.43. The van der Waals surface area contributed by atoms with Gasteiger partial charge in [-0.05, 0) is 24.4 Å². The number of anilines is 1. The first kappa shape index (κ1) is 13.0. The molecule has 2 heterocycles. The normalized spacial score (nSPS) is 14.9. The molecule has 1 amide bonds. The van der Waals surface area contributed by atoms with Crippen LogP contribution in [0, 0.1) is 5.82 Å². The molecule has 5 nitrogen and oxygen atoms in total. The van der Waals surface area contributed by atoms with Crippen molar-refractivity contribution in [3.63, 3.8) is 0 Å². The topological polar surface area (TPSA) is 49.3 Å². The molecule has 0 aliphatic carbocycles. The van der Waals surface area contributed by atoms with Crippen LogP contribution in [-0.4, -0.2) is 47.5 Å². The summed E-state index contributed by atoms with van der Waals surface area (Å²) in [5.41, 5.74) is 0. The van der Waals surface area contributed by atoms with Crippen molar-refractivity contribution in [2.24, 2.45) is 0 Å². The summed E-state index contributed by atoms with van der Waals surface area (Å²) in [4.78, 5) is 22.5. The summed E-state index contributed by atoms with van der Waals surface area (Å²) in [7, 11) is 1.61. The van der Waals surface area contributed by atoms with Crippen molar-refractivity contribution in [3.05, 3.63) is 17.3 Å². The first-order valence-electron chi connectivity index (χ1n) is 5.75. The Labute approximate surface area is 110 Å². The molecule has 7 heteroatoms. The molecule has 1 aliphatic heterocycles. The quantitative estimate of drug-likeness (QED) is 0.779. The van der Waals surface area contributed by atoms with Crippen LogP contribution in [0.15, 0.2) is 6.20 Å². The van der Waals surface area contributed by atoms with Crippen LogP contribution in [-0.2, 0) is 4.79 Å². The van der Waals surface area contributed by atoms with Crippen LogP contribution >= 0.6 is 11.6 Å². The first-order valence-corrected chi connectivity index (χ1v) is 6.12. The number of amides is 1. The predicted molar refractivity (Wildman–Crippen MR) is 66.1 cm³/mol. The average molecular weight is 273 g/mol. The van der Waals surface area contributed by atoms with Gasteiger partial charge in [0.15, 0.2) is 11.6 Å². The highest BCUT2D eigenvalue weighted by Crippen LogP contribution is 2.16. The summed E-state index contributed by atoms with van der Waals surface area (Å²) >= 11 is 5.61. The van der Waals surface area contributed by atoms with Gasteiger partial charge in [-0.2, -0.15) is 4.98 Å². The molecular formula is C11H14ClFN4O. The standard InChI is InChI=1S/C11H14ClFN4O/c1-16(7-9(18)17-4-2-3-5-17)10-8(13)6-14-11(12)15-10/h6H,2-5,7H2,1H3. The van der Waals surface area contributed by atoms with Gasteiger partial charge in [0.2, 0.25) is 11.2 Å². The number of likely N-dealkylation sites (N-methyl/N-ethyl adjacent to an activating group) is 1. The molecule has 0 saturated carbocycles. The lowest BCUT2D eigenvalue weighted by atomic mass is 10.4. The second-order valence-electron chi connectivity index (χ2n) is 4.25. The maximum Gasteiger partial charge on any atom is 0.242 e. The lowest BCUT2D eigenvalue weighted by Crippen LogP contribution is -2.37. The van der Waals surface area contributed by atoms with Crippen molar-refractivity contribution in [2.75, 3.05) is 31.6 Å². The van der Waals surface area contributed by atoms with Crippen LogP contribution < -0.4 is 4.90 Å². The molecule has 0 spiro atoms.